The third-order valence-electron chi connectivity index (χ3n) is 8.15. The Balaban J connectivity index is 1.26. The minimum absolute atomic E-state index is 0.160. The first-order chi connectivity index (χ1) is 21.1. The highest BCUT2D eigenvalue weighted by molar-refractivity contribution is 6.20. The number of amides is 2. The molecule has 0 spiro atoms. The third-order valence-corrected chi connectivity index (χ3v) is 8.15. The van der Waals surface area contributed by atoms with E-state index in [1.165, 1.54) is 11.2 Å². The molecule has 10 heteroatoms. The van der Waals surface area contributed by atoms with Gasteiger partial charge in [-0.15, -0.1) is 0 Å². The number of nitrogens with zero attached hydrogens (tertiary/aromatic N) is 5. The van der Waals surface area contributed by atoms with Crippen molar-refractivity contribution in [3.63, 3.8) is 0 Å². The van der Waals surface area contributed by atoms with Gasteiger partial charge in [0.15, 0.2) is 5.58 Å². The number of hydrogen-bond donors (Lipinski definition) is 0. The SMILES string of the molecule is CCN1C(=O)C(C)(C)C(=O)N(C)c2cc(OCCCN(CCn3ccc4ccoc4c3=O)Cc3ccc(C#N)cc3)ccc21. The molecule has 0 fully saturated rings. The molecule has 44 heavy (non-hydrogen) atoms. The number of carbonyl (C=O) groups is 2. The molecule has 2 aromatic carbocycles. The summed E-state index contributed by atoms with van der Waals surface area (Å²) in [6, 6.07) is 18.8. The molecule has 0 bridgehead atoms. The van der Waals surface area contributed by atoms with Crippen LogP contribution in [-0.4, -0.2) is 54.6 Å². The van der Waals surface area contributed by atoms with Gasteiger partial charge in [0.1, 0.15) is 11.2 Å². The average molecular weight is 596 g/mol. The number of benzene rings is 2. The number of ether oxygens (including phenoxy) is 1. The average Bonchev–Trinajstić information content (AvgIpc) is 3.51. The van der Waals surface area contributed by atoms with Crippen molar-refractivity contribution in [2.75, 3.05) is 43.1 Å². The number of nitriles is 1. The summed E-state index contributed by atoms with van der Waals surface area (Å²) in [5.74, 6) is 0.127. The number of hydrogen-bond acceptors (Lipinski definition) is 7. The van der Waals surface area contributed by atoms with Crippen LogP contribution in [0.1, 0.15) is 38.3 Å². The minimum atomic E-state index is -1.17. The number of rotatable bonds is 11. The zero-order valence-corrected chi connectivity index (χ0v) is 25.6. The van der Waals surface area contributed by atoms with Gasteiger partial charge in [-0.25, -0.2) is 0 Å². The van der Waals surface area contributed by atoms with Crippen LogP contribution in [0, 0.1) is 16.7 Å². The minimum Gasteiger partial charge on any atom is -0.493 e. The number of fused-ring (bicyclic) bond motifs is 2. The maximum Gasteiger partial charge on any atom is 0.294 e. The lowest BCUT2D eigenvalue weighted by atomic mass is 9.90. The van der Waals surface area contributed by atoms with Crippen molar-refractivity contribution < 1.29 is 18.7 Å². The fourth-order valence-electron chi connectivity index (χ4n) is 5.58. The summed E-state index contributed by atoms with van der Waals surface area (Å²) < 4.78 is 13.2. The number of furan rings is 1. The summed E-state index contributed by atoms with van der Waals surface area (Å²) in [5, 5.41) is 9.94. The van der Waals surface area contributed by atoms with Crippen LogP contribution in [0.3, 0.4) is 0 Å². The van der Waals surface area contributed by atoms with Crippen molar-refractivity contribution in [1.29, 1.82) is 5.26 Å². The second-order valence-corrected chi connectivity index (χ2v) is 11.5. The normalized spacial score (nSPS) is 14.5. The number of carbonyl (C=O) groups excluding carboxylic acids is 2. The molecule has 10 nitrogen and oxygen atoms in total. The van der Waals surface area contributed by atoms with E-state index in [-0.39, 0.29) is 17.4 Å². The summed E-state index contributed by atoms with van der Waals surface area (Å²) >= 11 is 0. The Labute approximate surface area is 256 Å². The van der Waals surface area contributed by atoms with Crippen LogP contribution >= 0.6 is 0 Å². The fourth-order valence-corrected chi connectivity index (χ4v) is 5.58. The number of anilines is 2. The van der Waals surface area contributed by atoms with Crippen LogP contribution in [0.15, 0.2) is 76.3 Å². The van der Waals surface area contributed by atoms with E-state index >= 15 is 0 Å². The van der Waals surface area contributed by atoms with Gasteiger partial charge >= 0.3 is 0 Å². The first kappa shape index (κ1) is 30.6. The van der Waals surface area contributed by atoms with Gasteiger partial charge in [-0.1, -0.05) is 12.1 Å². The topological polar surface area (TPSA) is 112 Å². The van der Waals surface area contributed by atoms with Crippen LogP contribution < -0.4 is 20.1 Å². The molecule has 0 saturated heterocycles. The lowest BCUT2D eigenvalue weighted by Gasteiger charge is -2.27. The molecule has 0 saturated carbocycles. The van der Waals surface area contributed by atoms with Crippen molar-refractivity contribution in [2.24, 2.45) is 5.41 Å². The molecule has 0 radical (unpaired) electrons. The summed E-state index contributed by atoms with van der Waals surface area (Å²) in [6.45, 7) is 8.56. The van der Waals surface area contributed by atoms with Gasteiger partial charge in [0.2, 0.25) is 11.8 Å². The van der Waals surface area contributed by atoms with Crippen LogP contribution in [0.25, 0.3) is 11.0 Å². The van der Waals surface area contributed by atoms with Crippen molar-refractivity contribution in [2.45, 2.75) is 40.3 Å². The molecule has 1 aliphatic rings. The number of aromatic nitrogens is 1. The lowest BCUT2D eigenvalue weighted by molar-refractivity contribution is -0.137. The molecule has 1 aliphatic heterocycles. The van der Waals surface area contributed by atoms with Crippen LogP contribution in [-0.2, 0) is 22.7 Å². The predicted molar refractivity (Wildman–Crippen MR) is 169 cm³/mol. The maximum atomic E-state index is 13.2. The van der Waals surface area contributed by atoms with Gasteiger partial charge in [0, 0.05) is 57.4 Å². The third kappa shape index (κ3) is 6.10. The van der Waals surface area contributed by atoms with Crippen molar-refractivity contribution in [3.8, 4) is 11.8 Å². The quantitative estimate of drug-likeness (QED) is 0.181. The van der Waals surface area contributed by atoms with E-state index < -0.39 is 5.41 Å². The van der Waals surface area contributed by atoms with E-state index in [1.807, 2.05) is 43.3 Å². The van der Waals surface area contributed by atoms with E-state index in [0.717, 1.165) is 10.9 Å². The van der Waals surface area contributed by atoms with Crippen LogP contribution in [0.4, 0.5) is 11.4 Å². The van der Waals surface area contributed by atoms with Gasteiger partial charge in [-0.2, -0.15) is 5.26 Å². The van der Waals surface area contributed by atoms with E-state index in [9.17, 15) is 14.4 Å². The van der Waals surface area contributed by atoms with Gasteiger partial charge in [0.05, 0.1) is 35.9 Å². The van der Waals surface area contributed by atoms with Crippen LogP contribution in [0.5, 0.6) is 5.75 Å². The van der Waals surface area contributed by atoms with Gasteiger partial charge in [0.25, 0.3) is 5.56 Å². The second kappa shape index (κ2) is 12.8. The molecule has 5 rings (SSSR count). The molecule has 0 atom stereocenters. The zero-order chi connectivity index (χ0) is 31.4. The Hall–Kier alpha value is -4.88. The molecule has 0 aliphatic carbocycles. The molecular weight excluding hydrogens is 558 g/mol. The zero-order valence-electron chi connectivity index (χ0n) is 25.6. The Kier molecular flexibility index (Phi) is 8.88. The standard InChI is InChI=1S/C34H37N5O5/c1-5-39-28-12-11-27(21-29(28)36(4)32(41)34(2,3)33(39)42)43-19-6-15-37(23-25-9-7-24(22-35)8-10-25)17-18-38-16-13-26-14-20-44-30(26)31(38)40/h7-14,16,20-21H,5-6,15,17-19,23H2,1-4H3. The Morgan fingerprint density at radius 1 is 0.977 bits per heavy atom. The highest BCUT2D eigenvalue weighted by Crippen LogP contribution is 2.40. The molecule has 3 heterocycles. The predicted octanol–water partition coefficient (Wildman–Crippen LogP) is 4.79. The monoisotopic (exact) mass is 595 g/mol. The van der Waals surface area contributed by atoms with E-state index in [4.69, 9.17) is 14.4 Å². The lowest BCUT2D eigenvalue weighted by Crippen LogP contribution is -2.47. The van der Waals surface area contributed by atoms with Crippen LogP contribution in [0.2, 0.25) is 0 Å². The maximum absolute atomic E-state index is 13.2. The smallest absolute Gasteiger partial charge is 0.294 e. The van der Waals surface area contributed by atoms with E-state index in [0.29, 0.717) is 74.0 Å². The molecule has 0 unspecified atom stereocenters. The summed E-state index contributed by atoms with van der Waals surface area (Å²) in [7, 11) is 1.69. The highest BCUT2D eigenvalue weighted by Gasteiger charge is 2.45. The summed E-state index contributed by atoms with van der Waals surface area (Å²) in [6.07, 6.45) is 4.02. The molecule has 0 N–H and O–H groups in total. The Morgan fingerprint density at radius 3 is 2.48 bits per heavy atom. The summed E-state index contributed by atoms with van der Waals surface area (Å²) in [4.78, 5) is 44.6. The molecule has 4 aromatic rings. The Morgan fingerprint density at radius 2 is 1.75 bits per heavy atom. The van der Waals surface area contributed by atoms with Gasteiger partial charge < -0.3 is 23.5 Å². The van der Waals surface area contributed by atoms with E-state index in [2.05, 4.69) is 11.0 Å². The summed E-state index contributed by atoms with van der Waals surface area (Å²) in [5.41, 5.74) is 2.01. The van der Waals surface area contributed by atoms with E-state index in [1.54, 1.807) is 54.8 Å². The number of pyridine rings is 1. The molecule has 2 aromatic heterocycles. The van der Waals surface area contributed by atoms with Crippen molar-refractivity contribution in [1.82, 2.24) is 9.47 Å². The Bertz CT molecular complexity index is 1770. The van der Waals surface area contributed by atoms with Crippen molar-refractivity contribution >= 4 is 34.2 Å². The second-order valence-electron chi connectivity index (χ2n) is 11.5. The first-order valence-corrected chi connectivity index (χ1v) is 14.8. The van der Waals surface area contributed by atoms with Gasteiger partial charge in [-0.3, -0.25) is 19.3 Å². The molecule has 2 amide bonds. The molecular formula is C34H37N5O5. The highest BCUT2D eigenvalue weighted by atomic mass is 16.5. The van der Waals surface area contributed by atoms with Gasteiger partial charge in [-0.05, 0) is 69.2 Å². The largest absolute Gasteiger partial charge is 0.493 e. The fraction of sp³-hybridized carbons (Fsp3) is 0.353. The van der Waals surface area contributed by atoms with Crippen molar-refractivity contribution in [3.05, 3.63) is 88.5 Å². The first-order valence-electron chi connectivity index (χ1n) is 14.8. The molecule has 228 valence electrons.